The number of nitrogens with zero attached hydrogens (tertiary/aromatic N) is 2. The summed E-state index contributed by atoms with van der Waals surface area (Å²) >= 11 is 0. The van der Waals surface area contributed by atoms with E-state index in [1.807, 2.05) is 18.3 Å². The number of hydrogen-bond acceptors (Lipinski definition) is 4. The Morgan fingerprint density at radius 2 is 2.12 bits per heavy atom. The van der Waals surface area contributed by atoms with Crippen LogP contribution >= 0.6 is 12.4 Å². The molecule has 2 aromatic rings. The molecular weight excluding hydrogens is 355 g/mol. The van der Waals surface area contributed by atoms with Crippen molar-refractivity contribution in [2.75, 3.05) is 32.7 Å². The van der Waals surface area contributed by atoms with Crippen molar-refractivity contribution in [3.05, 3.63) is 65.7 Å². The van der Waals surface area contributed by atoms with Crippen LogP contribution < -0.4 is 10.6 Å². The van der Waals surface area contributed by atoms with E-state index in [0.717, 1.165) is 30.8 Å². The van der Waals surface area contributed by atoms with Crippen molar-refractivity contribution in [1.82, 2.24) is 20.5 Å². The number of carbonyl (C=O) groups excluding carboxylic acids is 1. The number of piperazine rings is 1. The fourth-order valence-corrected chi connectivity index (χ4v) is 3.08. The maximum absolute atomic E-state index is 12.9. The number of aromatic nitrogens is 1. The molecule has 1 aromatic heterocycles. The normalized spacial score (nSPS) is 17.3. The lowest BCUT2D eigenvalue weighted by Crippen LogP contribution is -2.49. The summed E-state index contributed by atoms with van der Waals surface area (Å²) in [4.78, 5) is 18.6. The van der Waals surface area contributed by atoms with Gasteiger partial charge in [0.15, 0.2) is 0 Å². The molecule has 1 fully saturated rings. The first-order valence-electron chi connectivity index (χ1n) is 8.58. The molecule has 26 heavy (non-hydrogen) atoms. The van der Waals surface area contributed by atoms with Crippen LogP contribution in [0.1, 0.15) is 17.2 Å². The molecule has 0 bridgehead atoms. The largest absolute Gasteiger partial charge is 0.355 e. The number of halogens is 2. The summed E-state index contributed by atoms with van der Waals surface area (Å²) in [5.74, 6) is -0.231. The molecule has 2 N–H and O–H groups in total. The Bertz CT molecular complexity index is 684. The van der Waals surface area contributed by atoms with Crippen molar-refractivity contribution in [2.24, 2.45) is 0 Å². The second kappa shape index (κ2) is 10.2. The Kier molecular flexibility index (Phi) is 7.97. The second-order valence-electron chi connectivity index (χ2n) is 6.20. The van der Waals surface area contributed by atoms with Gasteiger partial charge in [-0.2, -0.15) is 0 Å². The number of amides is 1. The lowest BCUT2D eigenvalue weighted by atomic mass is 10.1. The minimum Gasteiger partial charge on any atom is -0.355 e. The first-order valence-corrected chi connectivity index (χ1v) is 8.58. The van der Waals surface area contributed by atoms with Gasteiger partial charge in [-0.3, -0.25) is 14.7 Å². The van der Waals surface area contributed by atoms with E-state index >= 15 is 0 Å². The summed E-state index contributed by atoms with van der Waals surface area (Å²) < 4.78 is 12.9. The third-order valence-corrected chi connectivity index (χ3v) is 4.42. The van der Waals surface area contributed by atoms with Gasteiger partial charge in [0.05, 0.1) is 6.54 Å². The Balaban J connectivity index is 0.00000243. The van der Waals surface area contributed by atoms with E-state index in [2.05, 4.69) is 20.5 Å². The molecule has 1 aliphatic heterocycles. The first-order chi connectivity index (χ1) is 12.2. The van der Waals surface area contributed by atoms with Crippen LogP contribution in [0.2, 0.25) is 0 Å². The second-order valence-corrected chi connectivity index (χ2v) is 6.20. The van der Waals surface area contributed by atoms with Crippen LogP contribution in [0.3, 0.4) is 0 Å². The van der Waals surface area contributed by atoms with Crippen LogP contribution in [0, 0.1) is 5.82 Å². The molecule has 0 aliphatic carbocycles. The number of nitrogens with one attached hydrogen (secondary N) is 2. The summed E-state index contributed by atoms with van der Waals surface area (Å²) in [6.45, 7) is 3.43. The first kappa shape index (κ1) is 20.3. The molecule has 1 aromatic carbocycles. The van der Waals surface area contributed by atoms with Crippen LogP contribution in [0.25, 0.3) is 0 Å². The van der Waals surface area contributed by atoms with Crippen molar-refractivity contribution in [3.63, 3.8) is 0 Å². The summed E-state index contributed by atoms with van der Waals surface area (Å²) in [5, 5.41) is 6.33. The van der Waals surface area contributed by atoms with Crippen LogP contribution in [-0.2, 0) is 11.2 Å². The van der Waals surface area contributed by atoms with Crippen LogP contribution in [0.15, 0.2) is 48.8 Å². The van der Waals surface area contributed by atoms with Crippen molar-refractivity contribution < 1.29 is 9.18 Å². The molecular formula is C19H24ClFN4O. The highest BCUT2D eigenvalue weighted by Gasteiger charge is 2.25. The van der Waals surface area contributed by atoms with Gasteiger partial charge in [0.2, 0.25) is 5.91 Å². The Morgan fingerprint density at radius 3 is 2.85 bits per heavy atom. The average Bonchev–Trinajstić information content (AvgIpc) is 2.64. The van der Waals surface area contributed by atoms with Gasteiger partial charge in [-0.05, 0) is 35.7 Å². The maximum atomic E-state index is 12.9. The molecule has 0 saturated carbocycles. The Morgan fingerprint density at radius 1 is 1.31 bits per heavy atom. The van der Waals surface area contributed by atoms with Gasteiger partial charge < -0.3 is 10.6 Å². The van der Waals surface area contributed by atoms with E-state index in [0.29, 0.717) is 19.5 Å². The molecule has 5 nitrogen and oxygen atoms in total. The maximum Gasteiger partial charge on any atom is 0.234 e. The van der Waals surface area contributed by atoms with Crippen molar-refractivity contribution in [2.45, 2.75) is 12.5 Å². The smallest absolute Gasteiger partial charge is 0.234 e. The van der Waals surface area contributed by atoms with Gasteiger partial charge in [-0.1, -0.05) is 18.2 Å². The Hall–Kier alpha value is -2.02. The van der Waals surface area contributed by atoms with Gasteiger partial charge in [-0.25, -0.2) is 4.39 Å². The molecule has 0 spiro atoms. The molecule has 1 aliphatic rings. The van der Waals surface area contributed by atoms with Gasteiger partial charge in [-0.15, -0.1) is 12.4 Å². The lowest BCUT2D eigenvalue weighted by molar-refractivity contribution is -0.123. The van der Waals surface area contributed by atoms with Gasteiger partial charge in [0, 0.05) is 44.6 Å². The minimum absolute atomic E-state index is 0. The van der Waals surface area contributed by atoms with E-state index in [4.69, 9.17) is 0 Å². The van der Waals surface area contributed by atoms with E-state index in [9.17, 15) is 9.18 Å². The molecule has 1 saturated heterocycles. The highest BCUT2D eigenvalue weighted by atomic mass is 35.5. The predicted molar refractivity (Wildman–Crippen MR) is 102 cm³/mol. The average molecular weight is 379 g/mol. The quantitative estimate of drug-likeness (QED) is 0.806. The molecule has 1 atom stereocenters. The standard InChI is InChI=1S/C19H23FN4O.ClH/c20-17-5-3-15(4-6-17)7-9-23-19(25)14-24-11-10-22-13-18(24)16-2-1-8-21-12-16;/h1-6,8,12,18,22H,7,9-11,13-14H2,(H,23,25);1H. The third kappa shape index (κ3) is 5.76. The molecule has 1 amide bonds. The van der Waals surface area contributed by atoms with Gasteiger partial charge in [0.1, 0.15) is 5.82 Å². The lowest BCUT2D eigenvalue weighted by Gasteiger charge is -2.35. The van der Waals surface area contributed by atoms with Crippen LogP contribution in [-0.4, -0.2) is 48.5 Å². The SMILES string of the molecule is Cl.O=C(CN1CCNCC1c1cccnc1)NCCc1ccc(F)cc1. The van der Waals surface area contributed by atoms with Crippen molar-refractivity contribution >= 4 is 18.3 Å². The monoisotopic (exact) mass is 378 g/mol. The van der Waals surface area contributed by atoms with E-state index in [-0.39, 0.29) is 30.2 Å². The van der Waals surface area contributed by atoms with E-state index in [1.54, 1.807) is 18.3 Å². The molecule has 0 radical (unpaired) electrons. The fraction of sp³-hybridized carbons (Fsp3) is 0.368. The van der Waals surface area contributed by atoms with Crippen LogP contribution in [0.5, 0.6) is 0 Å². The number of benzene rings is 1. The van der Waals surface area contributed by atoms with Crippen molar-refractivity contribution in [1.29, 1.82) is 0 Å². The summed E-state index contributed by atoms with van der Waals surface area (Å²) in [6, 6.07) is 10.5. The number of hydrogen-bond donors (Lipinski definition) is 2. The predicted octanol–water partition coefficient (Wildman–Crippen LogP) is 1.95. The molecule has 7 heteroatoms. The zero-order valence-electron chi connectivity index (χ0n) is 14.5. The van der Waals surface area contributed by atoms with E-state index < -0.39 is 0 Å². The number of carbonyl (C=O) groups is 1. The third-order valence-electron chi connectivity index (χ3n) is 4.42. The fourth-order valence-electron chi connectivity index (χ4n) is 3.08. The molecule has 1 unspecified atom stereocenters. The van der Waals surface area contributed by atoms with E-state index in [1.165, 1.54) is 12.1 Å². The summed E-state index contributed by atoms with van der Waals surface area (Å²) in [6.07, 6.45) is 4.31. The summed E-state index contributed by atoms with van der Waals surface area (Å²) in [5.41, 5.74) is 2.13. The number of pyridine rings is 1. The zero-order valence-corrected chi connectivity index (χ0v) is 15.3. The highest BCUT2D eigenvalue weighted by Crippen LogP contribution is 2.20. The number of rotatable bonds is 6. The van der Waals surface area contributed by atoms with Gasteiger partial charge >= 0.3 is 0 Å². The van der Waals surface area contributed by atoms with Gasteiger partial charge in [0.25, 0.3) is 0 Å². The van der Waals surface area contributed by atoms with Crippen LogP contribution in [0.4, 0.5) is 4.39 Å². The minimum atomic E-state index is -0.243. The zero-order chi connectivity index (χ0) is 17.5. The molecule has 3 rings (SSSR count). The highest BCUT2D eigenvalue weighted by molar-refractivity contribution is 5.85. The molecule has 2 heterocycles. The van der Waals surface area contributed by atoms with Crippen molar-refractivity contribution in [3.8, 4) is 0 Å². The molecule has 140 valence electrons. The Labute approximate surface area is 159 Å². The topological polar surface area (TPSA) is 57.3 Å². The summed E-state index contributed by atoms with van der Waals surface area (Å²) in [7, 11) is 0.